The lowest BCUT2D eigenvalue weighted by Crippen LogP contribution is -2.36. The molecule has 2 amide bonds. The van der Waals surface area contributed by atoms with Gasteiger partial charge in [0.2, 0.25) is 0 Å². The van der Waals surface area contributed by atoms with Crippen LogP contribution < -0.4 is 15.5 Å². The van der Waals surface area contributed by atoms with Gasteiger partial charge in [0.25, 0.3) is 0 Å². The van der Waals surface area contributed by atoms with Crippen molar-refractivity contribution in [2.45, 2.75) is 0 Å². The second-order valence-corrected chi connectivity index (χ2v) is 8.67. The van der Waals surface area contributed by atoms with Gasteiger partial charge in [-0.05, 0) is 54.6 Å². The van der Waals surface area contributed by atoms with Crippen LogP contribution in [0.15, 0.2) is 60.8 Å². The number of urea groups is 1. The first kappa shape index (κ1) is 24.5. The number of nitrogens with one attached hydrogen (secondary N) is 2. The molecule has 0 aliphatic carbocycles. The maximum atomic E-state index is 15.3. The number of hydrogen-bond acceptors (Lipinski definition) is 6. The van der Waals surface area contributed by atoms with Crippen molar-refractivity contribution in [2.75, 3.05) is 41.8 Å². The van der Waals surface area contributed by atoms with E-state index in [9.17, 15) is 14.0 Å². The zero-order valence-corrected chi connectivity index (χ0v) is 20.1. The molecule has 0 bridgehead atoms. The molecule has 8 nitrogen and oxygen atoms in total. The molecule has 0 radical (unpaired) electrons. The molecule has 5 rings (SSSR count). The number of hydrogen-bond donors (Lipinski definition) is 2. The Bertz CT molecular complexity index is 1490. The van der Waals surface area contributed by atoms with Crippen molar-refractivity contribution < 1.29 is 23.1 Å². The average molecular weight is 524 g/mol. The number of morpholine rings is 1. The summed E-state index contributed by atoms with van der Waals surface area (Å²) in [6.45, 7) is 2.44. The van der Waals surface area contributed by atoms with Crippen molar-refractivity contribution >= 4 is 51.6 Å². The van der Waals surface area contributed by atoms with E-state index < -0.39 is 29.0 Å². The number of nitrogens with zero attached hydrogens (tertiary/aromatic N) is 3. The van der Waals surface area contributed by atoms with Crippen LogP contribution in [0.2, 0.25) is 5.02 Å². The zero-order valence-electron chi connectivity index (χ0n) is 19.3. The summed E-state index contributed by atoms with van der Waals surface area (Å²) in [7, 11) is 0. The Morgan fingerprint density at radius 1 is 0.946 bits per heavy atom. The van der Waals surface area contributed by atoms with Crippen molar-refractivity contribution in [1.82, 2.24) is 9.97 Å². The van der Waals surface area contributed by atoms with Gasteiger partial charge in [-0.1, -0.05) is 11.6 Å². The highest BCUT2D eigenvalue weighted by Gasteiger charge is 2.23. The summed E-state index contributed by atoms with van der Waals surface area (Å²) in [5.41, 5.74) is 0.235. The van der Waals surface area contributed by atoms with Crippen LogP contribution in [-0.2, 0) is 4.74 Å². The first-order valence-corrected chi connectivity index (χ1v) is 11.7. The summed E-state index contributed by atoms with van der Waals surface area (Å²) in [5, 5.41) is 5.30. The number of carbonyl (C=O) groups excluding carboxylic acids is 2. The molecule has 1 aliphatic heterocycles. The summed E-state index contributed by atoms with van der Waals surface area (Å²) in [6.07, 6.45) is 1.64. The smallest absolute Gasteiger partial charge is 0.323 e. The molecular weight excluding hydrogens is 504 g/mol. The van der Waals surface area contributed by atoms with Gasteiger partial charge in [-0.2, -0.15) is 0 Å². The Morgan fingerprint density at radius 3 is 2.46 bits per heavy atom. The van der Waals surface area contributed by atoms with Crippen molar-refractivity contribution in [3.05, 3.63) is 88.6 Å². The third-order valence-corrected chi connectivity index (χ3v) is 6.05. The molecule has 3 aromatic carbocycles. The number of fused-ring (bicyclic) bond motifs is 1. The largest absolute Gasteiger partial charge is 0.378 e. The number of halogens is 3. The molecule has 0 atom stereocenters. The van der Waals surface area contributed by atoms with E-state index in [1.807, 2.05) is 4.90 Å². The molecule has 1 saturated heterocycles. The van der Waals surface area contributed by atoms with Gasteiger partial charge in [0.1, 0.15) is 11.6 Å². The fourth-order valence-electron chi connectivity index (χ4n) is 3.91. The molecule has 37 heavy (non-hydrogen) atoms. The van der Waals surface area contributed by atoms with Crippen LogP contribution >= 0.6 is 11.6 Å². The fourth-order valence-corrected chi connectivity index (χ4v) is 4.03. The highest BCUT2D eigenvalue weighted by molar-refractivity contribution is 6.30. The third-order valence-electron chi connectivity index (χ3n) is 5.80. The van der Waals surface area contributed by atoms with E-state index in [1.165, 1.54) is 12.1 Å². The Kier molecular flexibility index (Phi) is 6.93. The number of anilines is 3. The summed E-state index contributed by atoms with van der Waals surface area (Å²) in [5.74, 6) is -2.52. The van der Waals surface area contributed by atoms with Crippen LogP contribution in [0, 0.1) is 11.6 Å². The molecule has 1 fully saturated rings. The number of rotatable bonds is 5. The van der Waals surface area contributed by atoms with Crippen LogP contribution in [-0.4, -0.2) is 48.1 Å². The number of aromatic nitrogens is 2. The molecule has 0 saturated carbocycles. The SMILES string of the molecule is O=C(Nc1ccc(Cl)cc1)Nc1ccc(F)c(C(=O)c2ccc3ncc(N4CCOCC4)nc3c2)c1F. The Hall–Kier alpha value is -4.15. The number of amides is 2. The number of benzene rings is 3. The number of ether oxygens (including phenoxy) is 1. The van der Waals surface area contributed by atoms with Gasteiger partial charge in [-0.15, -0.1) is 0 Å². The molecule has 11 heteroatoms. The summed E-state index contributed by atoms with van der Waals surface area (Å²) >= 11 is 5.83. The van der Waals surface area contributed by atoms with Crippen molar-refractivity contribution in [1.29, 1.82) is 0 Å². The van der Waals surface area contributed by atoms with Gasteiger partial charge >= 0.3 is 6.03 Å². The first-order chi connectivity index (χ1) is 17.9. The van der Waals surface area contributed by atoms with Crippen molar-refractivity contribution in [3.8, 4) is 0 Å². The van der Waals surface area contributed by atoms with E-state index in [4.69, 9.17) is 16.3 Å². The van der Waals surface area contributed by atoms with E-state index in [1.54, 1.807) is 36.5 Å². The quantitative estimate of drug-likeness (QED) is 0.346. The minimum atomic E-state index is -1.19. The predicted molar refractivity (Wildman–Crippen MR) is 136 cm³/mol. The Morgan fingerprint density at radius 2 is 1.70 bits per heavy atom. The molecule has 2 heterocycles. The predicted octanol–water partition coefficient (Wildman–Crippen LogP) is 5.27. The molecule has 4 aromatic rings. The minimum absolute atomic E-state index is 0.0292. The monoisotopic (exact) mass is 523 g/mol. The molecule has 1 aromatic heterocycles. The van der Waals surface area contributed by atoms with Crippen LogP contribution in [0.3, 0.4) is 0 Å². The van der Waals surface area contributed by atoms with Crippen LogP contribution in [0.25, 0.3) is 11.0 Å². The molecule has 0 unspecified atom stereocenters. The van der Waals surface area contributed by atoms with E-state index in [2.05, 4.69) is 20.6 Å². The third kappa shape index (κ3) is 5.35. The Labute approximate surface area is 215 Å². The highest BCUT2D eigenvalue weighted by atomic mass is 35.5. The van der Waals surface area contributed by atoms with E-state index in [0.717, 1.165) is 12.1 Å². The molecule has 2 N–H and O–H groups in total. The summed E-state index contributed by atoms with van der Waals surface area (Å²) < 4.78 is 35.3. The molecule has 0 spiro atoms. The fraction of sp³-hybridized carbons (Fsp3) is 0.154. The van der Waals surface area contributed by atoms with E-state index in [-0.39, 0.29) is 11.3 Å². The minimum Gasteiger partial charge on any atom is -0.378 e. The molecule has 1 aliphatic rings. The van der Waals surface area contributed by atoms with Gasteiger partial charge in [0.15, 0.2) is 11.6 Å². The highest BCUT2D eigenvalue weighted by Crippen LogP contribution is 2.26. The van der Waals surface area contributed by atoms with Crippen molar-refractivity contribution in [2.24, 2.45) is 0 Å². The standard InChI is InChI=1S/C26H20ClF2N5O3/c27-16-2-4-17(5-3-16)31-26(36)33-20-8-6-18(28)23(24(20)29)25(35)15-1-7-19-21(13-15)32-22(14-30-19)34-9-11-37-12-10-34/h1-8,13-14H,9-12H2,(H2,31,33,36). The van der Waals surface area contributed by atoms with E-state index >= 15 is 4.39 Å². The topological polar surface area (TPSA) is 96.5 Å². The second kappa shape index (κ2) is 10.5. The van der Waals surface area contributed by atoms with Gasteiger partial charge in [-0.25, -0.2) is 18.6 Å². The lowest BCUT2D eigenvalue weighted by molar-refractivity contribution is 0.103. The van der Waals surface area contributed by atoms with E-state index in [0.29, 0.717) is 53.9 Å². The van der Waals surface area contributed by atoms with Crippen LogP contribution in [0.4, 0.5) is 30.8 Å². The maximum absolute atomic E-state index is 15.3. The Balaban J connectivity index is 1.40. The van der Waals surface area contributed by atoms with Crippen LogP contribution in [0.5, 0.6) is 0 Å². The lowest BCUT2D eigenvalue weighted by Gasteiger charge is -2.27. The normalized spacial score (nSPS) is 13.4. The average Bonchev–Trinajstić information content (AvgIpc) is 2.91. The van der Waals surface area contributed by atoms with Gasteiger partial charge in [-0.3, -0.25) is 9.78 Å². The molecule has 188 valence electrons. The molecular formula is C26H20ClF2N5O3. The van der Waals surface area contributed by atoms with Gasteiger partial charge < -0.3 is 20.3 Å². The summed E-state index contributed by atoms with van der Waals surface area (Å²) in [6, 6.07) is 11.9. The first-order valence-electron chi connectivity index (χ1n) is 11.3. The number of ketones is 1. The van der Waals surface area contributed by atoms with Crippen LogP contribution in [0.1, 0.15) is 15.9 Å². The zero-order chi connectivity index (χ0) is 25.9. The second-order valence-electron chi connectivity index (χ2n) is 8.23. The van der Waals surface area contributed by atoms with Gasteiger partial charge in [0, 0.05) is 29.4 Å². The maximum Gasteiger partial charge on any atom is 0.323 e. The van der Waals surface area contributed by atoms with Crippen molar-refractivity contribution in [3.63, 3.8) is 0 Å². The lowest BCUT2D eigenvalue weighted by atomic mass is 10.0. The van der Waals surface area contributed by atoms with Gasteiger partial charge in [0.05, 0.1) is 41.7 Å². The summed E-state index contributed by atoms with van der Waals surface area (Å²) in [4.78, 5) is 36.5. The number of carbonyl (C=O) groups is 2.